The number of nitrogens with one attached hydrogen (secondary N) is 1. The summed E-state index contributed by atoms with van der Waals surface area (Å²) in [7, 11) is 0. The monoisotopic (exact) mass is 419 g/mol. The number of piperazine rings is 1. The number of carbonyl (C=O) groups is 2. The summed E-state index contributed by atoms with van der Waals surface area (Å²) >= 11 is 5.99. The zero-order valence-electron chi connectivity index (χ0n) is 16.2. The van der Waals surface area contributed by atoms with E-state index in [9.17, 15) is 14.0 Å². The normalized spacial score (nSPS) is 14.5. The second-order valence-corrected chi connectivity index (χ2v) is 7.32. The van der Waals surface area contributed by atoms with Crippen LogP contribution >= 0.6 is 11.6 Å². The van der Waals surface area contributed by atoms with Crippen molar-refractivity contribution in [1.29, 1.82) is 0 Å². The van der Waals surface area contributed by atoms with Gasteiger partial charge in [0.2, 0.25) is 5.91 Å². The van der Waals surface area contributed by atoms with Gasteiger partial charge in [-0.25, -0.2) is 4.39 Å². The third kappa shape index (κ3) is 6.17. The number of aryl methyl sites for hydroxylation is 1. The van der Waals surface area contributed by atoms with Crippen LogP contribution in [0.4, 0.5) is 10.1 Å². The molecule has 2 amide bonds. The van der Waals surface area contributed by atoms with E-state index >= 15 is 0 Å². The molecule has 6 nitrogen and oxygen atoms in total. The quantitative estimate of drug-likeness (QED) is 0.782. The van der Waals surface area contributed by atoms with Crippen molar-refractivity contribution in [2.24, 2.45) is 0 Å². The Kier molecular flexibility index (Phi) is 7.06. The largest absolute Gasteiger partial charge is 0.484 e. The van der Waals surface area contributed by atoms with Crippen LogP contribution in [0.1, 0.15) is 5.56 Å². The number of anilines is 1. The summed E-state index contributed by atoms with van der Waals surface area (Å²) in [5.74, 6) is 0.00107. The van der Waals surface area contributed by atoms with Crippen molar-refractivity contribution in [1.82, 2.24) is 9.80 Å². The maximum absolute atomic E-state index is 12.9. The van der Waals surface area contributed by atoms with E-state index in [-0.39, 0.29) is 30.8 Å². The first-order chi connectivity index (χ1) is 13.9. The Labute approximate surface area is 174 Å². The van der Waals surface area contributed by atoms with Crippen molar-refractivity contribution in [3.8, 4) is 5.75 Å². The number of hydrogen-bond donors (Lipinski definition) is 1. The Bertz CT molecular complexity index is 868. The zero-order valence-corrected chi connectivity index (χ0v) is 16.9. The van der Waals surface area contributed by atoms with Crippen molar-refractivity contribution in [2.75, 3.05) is 44.6 Å². The van der Waals surface area contributed by atoms with Gasteiger partial charge in [-0.3, -0.25) is 14.5 Å². The predicted octanol–water partition coefficient (Wildman–Crippen LogP) is 2.95. The molecule has 1 fully saturated rings. The Balaban J connectivity index is 1.40. The van der Waals surface area contributed by atoms with Crippen LogP contribution in [0.5, 0.6) is 5.75 Å². The van der Waals surface area contributed by atoms with Gasteiger partial charge in [-0.15, -0.1) is 0 Å². The number of benzene rings is 2. The molecule has 0 saturated carbocycles. The first-order valence-corrected chi connectivity index (χ1v) is 9.73. The van der Waals surface area contributed by atoms with Crippen LogP contribution in [0.2, 0.25) is 5.02 Å². The van der Waals surface area contributed by atoms with E-state index in [0.29, 0.717) is 42.6 Å². The van der Waals surface area contributed by atoms with Gasteiger partial charge >= 0.3 is 0 Å². The average molecular weight is 420 g/mol. The number of ether oxygens (including phenoxy) is 1. The van der Waals surface area contributed by atoms with Gasteiger partial charge < -0.3 is 15.0 Å². The summed E-state index contributed by atoms with van der Waals surface area (Å²) < 4.78 is 18.5. The minimum absolute atomic E-state index is 0.0356. The zero-order chi connectivity index (χ0) is 20.8. The van der Waals surface area contributed by atoms with E-state index in [1.807, 2.05) is 11.8 Å². The van der Waals surface area contributed by atoms with Crippen molar-refractivity contribution in [3.05, 3.63) is 58.9 Å². The molecule has 1 saturated heterocycles. The number of amides is 2. The van der Waals surface area contributed by atoms with E-state index in [1.54, 1.807) is 23.1 Å². The van der Waals surface area contributed by atoms with Gasteiger partial charge in [-0.1, -0.05) is 11.6 Å². The van der Waals surface area contributed by atoms with Crippen LogP contribution < -0.4 is 10.1 Å². The number of rotatable bonds is 6. The second kappa shape index (κ2) is 9.71. The van der Waals surface area contributed by atoms with Crippen LogP contribution in [-0.4, -0.2) is 60.9 Å². The molecule has 29 heavy (non-hydrogen) atoms. The van der Waals surface area contributed by atoms with Gasteiger partial charge in [0.05, 0.1) is 6.54 Å². The Morgan fingerprint density at radius 3 is 2.45 bits per heavy atom. The lowest BCUT2D eigenvalue weighted by Crippen LogP contribution is -2.51. The molecule has 2 aromatic carbocycles. The molecule has 1 heterocycles. The number of halogens is 2. The lowest BCUT2D eigenvalue weighted by atomic mass is 10.2. The molecule has 0 unspecified atom stereocenters. The third-order valence-electron chi connectivity index (χ3n) is 4.71. The molecule has 0 radical (unpaired) electrons. The van der Waals surface area contributed by atoms with Crippen LogP contribution in [0, 0.1) is 12.7 Å². The SMILES string of the molecule is Cc1cc(OCC(=O)N2CCN(CC(=O)Nc3ccc(F)cc3)CC2)ccc1Cl. The fourth-order valence-electron chi connectivity index (χ4n) is 3.04. The molecule has 0 aromatic heterocycles. The molecule has 1 aliphatic rings. The van der Waals surface area contributed by atoms with Gasteiger partial charge in [0.1, 0.15) is 11.6 Å². The second-order valence-electron chi connectivity index (χ2n) is 6.91. The Hall–Kier alpha value is -2.64. The summed E-state index contributed by atoms with van der Waals surface area (Å²) in [5, 5.41) is 3.40. The first kappa shape index (κ1) is 21.1. The summed E-state index contributed by atoms with van der Waals surface area (Å²) in [6.45, 7) is 4.33. The standard InChI is InChI=1S/C21H23ClFN3O3/c1-15-12-18(6-7-19(15)22)29-14-21(28)26-10-8-25(9-11-26)13-20(27)24-17-4-2-16(23)3-5-17/h2-7,12H,8-11,13-14H2,1H3,(H,24,27). The topological polar surface area (TPSA) is 61.9 Å². The molecule has 2 aromatic rings. The molecule has 3 rings (SSSR count). The van der Waals surface area contributed by atoms with Crippen LogP contribution in [0.3, 0.4) is 0 Å². The molecular weight excluding hydrogens is 397 g/mol. The number of carbonyl (C=O) groups excluding carboxylic acids is 2. The van der Waals surface area contributed by atoms with Crippen LogP contribution in [-0.2, 0) is 9.59 Å². The number of nitrogens with zero attached hydrogens (tertiary/aromatic N) is 2. The van der Waals surface area contributed by atoms with Gasteiger partial charge in [-0.2, -0.15) is 0 Å². The van der Waals surface area contributed by atoms with Crippen molar-refractivity contribution in [2.45, 2.75) is 6.92 Å². The number of hydrogen-bond acceptors (Lipinski definition) is 4. The van der Waals surface area contributed by atoms with Gasteiger partial charge in [-0.05, 0) is 55.0 Å². The van der Waals surface area contributed by atoms with E-state index in [2.05, 4.69) is 5.32 Å². The van der Waals surface area contributed by atoms with Crippen molar-refractivity contribution < 1.29 is 18.7 Å². The smallest absolute Gasteiger partial charge is 0.260 e. The highest BCUT2D eigenvalue weighted by atomic mass is 35.5. The van der Waals surface area contributed by atoms with E-state index in [4.69, 9.17) is 16.3 Å². The maximum Gasteiger partial charge on any atom is 0.260 e. The van der Waals surface area contributed by atoms with Crippen LogP contribution in [0.25, 0.3) is 0 Å². The summed E-state index contributed by atoms with van der Waals surface area (Å²) in [6.07, 6.45) is 0. The predicted molar refractivity (Wildman–Crippen MR) is 110 cm³/mol. The molecule has 8 heteroatoms. The highest BCUT2D eigenvalue weighted by Crippen LogP contribution is 2.21. The maximum atomic E-state index is 12.9. The van der Waals surface area contributed by atoms with E-state index in [1.165, 1.54) is 24.3 Å². The molecule has 0 aliphatic carbocycles. The molecular formula is C21H23ClFN3O3. The van der Waals surface area contributed by atoms with E-state index < -0.39 is 0 Å². The van der Waals surface area contributed by atoms with E-state index in [0.717, 1.165) is 5.56 Å². The summed E-state index contributed by atoms with van der Waals surface area (Å²) in [6, 6.07) is 10.9. The molecule has 0 spiro atoms. The highest BCUT2D eigenvalue weighted by Gasteiger charge is 2.22. The van der Waals surface area contributed by atoms with Crippen molar-refractivity contribution >= 4 is 29.1 Å². The fourth-order valence-corrected chi connectivity index (χ4v) is 3.15. The van der Waals surface area contributed by atoms with Gasteiger partial charge in [0.15, 0.2) is 6.61 Å². The third-order valence-corrected chi connectivity index (χ3v) is 5.14. The van der Waals surface area contributed by atoms with Gasteiger partial charge in [0, 0.05) is 36.9 Å². The first-order valence-electron chi connectivity index (χ1n) is 9.35. The molecule has 1 aliphatic heterocycles. The minimum atomic E-state index is -0.348. The Morgan fingerprint density at radius 1 is 1.10 bits per heavy atom. The fraction of sp³-hybridized carbons (Fsp3) is 0.333. The molecule has 0 bridgehead atoms. The molecule has 0 atom stereocenters. The average Bonchev–Trinajstić information content (AvgIpc) is 2.71. The van der Waals surface area contributed by atoms with Gasteiger partial charge in [0.25, 0.3) is 5.91 Å². The Morgan fingerprint density at radius 2 is 1.79 bits per heavy atom. The summed E-state index contributed by atoms with van der Waals surface area (Å²) in [4.78, 5) is 28.2. The van der Waals surface area contributed by atoms with Crippen LogP contribution in [0.15, 0.2) is 42.5 Å². The van der Waals surface area contributed by atoms with Crippen molar-refractivity contribution in [3.63, 3.8) is 0 Å². The summed E-state index contributed by atoms with van der Waals surface area (Å²) in [5.41, 5.74) is 1.45. The highest BCUT2D eigenvalue weighted by molar-refractivity contribution is 6.31. The molecule has 154 valence electrons. The lowest BCUT2D eigenvalue weighted by Gasteiger charge is -2.34. The minimum Gasteiger partial charge on any atom is -0.484 e. The lowest BCUT2D eigenvalue weighted by molar-refractivity contribution is -0.135. The molecule has 1 N–H and O–H groups in total.